The maximum Gasteiger partial charge on any atom is 0.174 e. The van der Waals surface area contributed by atoms with E-state index in [-0.39, 0.29) is 30.2 Å². The number of hydrogen-bond acceptors (Lipinski definition) is 4. The maximum absolute atomic E-state index is 13.3. The summed E-state index contributed by atoms with van der Waals surface area (Å²) in [4.78, 5) is 13.3. The molecule has 1 aromatic rings. The monoisotopic (exact) mass is 340 g/mol. The van der Waals surface area contributed by atoms with E-state index in [1.165, 1.54) is 5.56 Å². The molecule has 4 nitrogen and oxygen atoms in total. The van der Waals surface area contributed by atoms with Gasteiger partial charge in [-0.05, 0) is 36.5 Å². The van der Waals surface area contributed by atoms with E-state index in [1.807, 2.05) is 6.08 Å². The predicted molar refractivity (Wildman–Crippen MR) is 95.3 cm³/mol. The number of benzene rings is 1. The van der Waals surface area contributed by atoms with Gasteiger partial charge in [-0.2, -0.15) is 0 Å². The standard InChI is InChI=1S/C21H24O4/c1-4-12-8-11(3)9-13(5-2)15(12)17-19(23)16-14-6-7-21(10-22,25-14)18(16)20(17)24/h6-9,14,16,18,22-23H,4-5,10H2,1-3H3/t14-,16-,18+,21-/m0/s1. The average Bonchev–Trinajstić information content (AvgIpc) is 3.25. The van der Waals surface area contributed by atoms with Crippen molar-refractivity contribution >= 4 is 11.4 Å². The smallest absolute Gasteiger partial charge is 0.174 e. The summed E-state index contributed by atoms with van der Waals surface area (Å²) in [7, 11) is 0. The molecule has 1 aromatic carbocycles. The highest BCUT2D eigenvalue weighted by molar-refractivity contribution is 6.26. The van der Waals surface area contributed by atoms with E-state index in [1.54, 1.807) is 6.08 Å². The molecule has 2 bridgehead atoms. The third-order valence-corrected chi connectivity index (χ3v) is 5.97. The van der Waals surface area contributed by atoms with Crippen molar-refractivity contribution in [3.63, 3.8) is 0 Å². The molecule has 2 heterocycles. The highest BCUT2D eigenvalue weighted by Crippen LogP contribution is 2.56. The molecule has 2 aliphatic heterocycles. The Labute approximate surface area is 147 Å². The van der Waals surface area contributed by atoms with Crippen LogP contribution < -0.4 is 0 Å². The second-order valence-corrected chi connectivity index (χ2v) is 7.35. The summed E-state index contributed by atoms with van der Waals surface area (Å²) in [5.74, 6) is -0.877. The molecular formula is C21H24O4. The van der Waals surface area contributed by atoms with Crippen molar-refractivity contribution in [1.82, 2.24) is 0 Å². The Morgan fingerprint density at radius 3 is 2.40 bits per heavy atom. The largest absolute Gasteiger partial charge is 0.511 e. The van der Waals surface area contributed by atoms with E-state index < -0.39 is 11.5 Å². The number of hydrogen-bond donors (Lipinski definition) is 2. The maximum atomic E-state index is 13.3. The number of Topliss-reactive ketones (excluding diaryl/α,β-unsaturated/α-hetero) is 1. The lowest BCUT2D eigenvalue weighted by atomic mass is 9.76. The number of aryl methyl sites for hydroxylation is 3. The molecule has 2 N–H and O–H groups in total. The summed E-state index contributed by atoms with van der Waals surface area (Å²) in [6.45, 7) is 5.95. The molecule has 4 atom stereocenters. The zero-order valence-electron chi connectivity index (χ0n) is 14.9. The number of aliphatic hydroxyl groups is 2. The van der Waals surface area contributed by atoms with Gasteiger partial charge in [0.1, 0.15) is 11.4 Å². The SMILES string of the molecule is CCc1cc(C)cc(CC)c1C1=C(O)[C@H]2[C@@H]3C=C[C@@](CO)(O3)[C@H]2C1=O. The molecule has 25 heavy (non-hydrogen) atoms. The van der Waals surface area contributed by atoms with Crippen molar-refractivity contribution in [3.05, 3.63) is 52.3 Å². The van der Waals surface area contributed by atoms with Crippen LogP contribution in [-0.2, 0) is 22.4 Å². The van der Waals surface area contributed by atoms with Crippen LogP contribution in [0.25, 0.3) is 5.57 Å². The minimum absolute atomic E-state index is 0.100. The molecule has 0 amide bonds. The number of carbonyl (C=O) groups is 1. The van der Waals surface area contributed by atoms with Crippen molar-refractivity contribution in [2.45, 2.75) is 45.3 Å². The van der Waals surface area contributed by atoms with Gasteiger partial charge in [0.2, 0.25) is 0 Å². The summed E-state index contributed by atoms with van der Waals surface area (Å²) in [6, 6.07) is 4.20. The van der Waals surface area contributed by atoms with Gasteiger partial charge in [0.15, 0.2) is 5.78 Å². The number of ketones is 1. The third-order valence-electron chi connectivity index (χ3n) is 5.97. The Hall–Kier alpha value is -1.91. The number of fused-ring (bicyclic) bond motifs is 5. The van der Waals surface area contributed by atoms with Gasteiger partial charge in [-0.3, -0.25) is 4.79 Å². The first-order valence-electron chi connectivity index (χ1n) is 9.05. The van der Waals surface area contributed by atoms with Crippen LogP contribution in [0.1, 0.15) is 36.1 Å². The van der Waals surface area contributed by atoms with Crippen LogP contribution in [0.3, 0.4) is 0 Å². The molecule has 0 spiro atoms. The molecule has 0 radical (unpaired) electrons. The van der Waals surface area contributed by atoms with Crippen molar-refractivity contribution in [3.8, 4) is 0 Å². The minimum Gasteiger partial charge on any atom is -0.511 e. The summed E-state index contributed by atoms with van der Waals surface area (Å²) in [5, 5.41) is 20.8. The fourth-order valence-electron chi connectivity index (χ4n) is 4.86. The number of carbonyl (C=O) groups excluding carboxylic acids is 1. The summed E-state index contributed by atoms with van der Waals surface area (Å²) < 4.78 is 5.86. The fourth-order valence-corrected chi connectivity index (χ4v) is 4.86. The zero-order chi connectivity index (χ0) is 17.9. The lowest BCUT2D eigenvalue weighted by Crippen LogP contribution is -2.41. The second-order valence-electron chi connectivity index (χ2n) is 7.35. The van der Waals surface area contributed by atoms with Gasteiger partial charge in [-0.25, -0.2) is 0 Å². The number of rotatable bonds is 4. The van der Waals surface area contributed by atoms with Gasteiger partial charge < -0.3 is 14.9 Å². The van der Waals surface area contributed by atoms with E-state index >= 15 is 0 Å². The number of allylic oxidation sites excluding steroid dienone is 1. The Morgan fingerprint density at radius 1 is 1.20 bits per heavy atom. The van der Waals surface area contributed by atoms with E-state index in [9.17, 15) is 15.0 Å². The van der Waals surface area contributed by atoms with E-state index in [0.717, 1.165) is 29.5 Å². The molecule has 4 rings (SSSR count). The van der Waals surface area contributed by atoms with Crippen LogP contribution in [0, 0.1) is 18.8 Å². The van der Waals surface area contributed by atoms with Crippen LogP contribution in [-0.4, -0.2) is 34.3 Å². The molecule has 4 heteroatoms. The molecule has 0 aromatic heterocycles. The van der Waals surface area contributed by atoms with Gasteiger partial charge in [-0.15, -0.1) is 0 Å². The summed E-state index contributed by atoms with van der Waals surface area (Å²) in [5.41, 5.74) is 3.70. The third kappa shape index (κ3) is 2.04. The van der Waals surface area contributed by atoms with Gasteiger partial charge >= 0.3 is 0 Å². The minimum atomic E-state index is -0.981. The highest BCUT2D eigenvalue weighted by atomic mass is 16.5. The van der Waals surface area contributed by atoms with E-state index in [4.69, 9.17) is 4.74 Å². The Morgan fingerprint density at radius 2 is 1.84 bits per heavy atom. The summed E-state index contributed by atoms with van der Waals surface area (Å²) in [6.07, 6.45) is 4.92. The van der Waals surface area contributed by atoms with Gasteiger partial charge in [0.25, 0.3) is 0 Å². The molecule has 0 unspecified atom stereocenters. The normalized spacial score (nSPS) is 32.8. The lowest BCUT2D eigenvalue weighted by Gasteiger charge is -2.27. The topological polar surface area (TPSA) is 66.8 Å². The Bertz CT molecular complexity index is 794. The zero-order valence-corrected chi connectivity index (χ0v) is 14.9. The first kappa shape index (κ1) is 16.6. The number of ether oxygens (including phenoxy) is 1. The quantitative estimate of drug-likeness (QED) is 0.827. The van der Waals surface area contributed by atoms with Crippen LogP contribution in [0.15, 0.2) is 30.0 Å². The highest BCUT2D eigenvalue weighted by Gasteiger charge is 2.64. The molecule has 0 saturated carbocycles. The second kappa shape index (κ2) is 5.55. The van der Waals surface area contributed by atoms with Crippen molar-refractivity contribution < 1.29 is 19.7 Å². The van der Waals surface area contributed by atoms with Crippen LogP contribution >= 0.6 is 0 Å². The molecule has 3 aliphatic rings. The van der Waals surface area contributed by atoms with Gasteiger partial charge in [-0.1, -0.05) is 43.7 Å². The number of aliphatic hydroxyl groups excluding tert-OH is 2. The molecular weight excluding hydrogens is 316 g/mol. The Balaban J connectivity index is 1.90. The van der Waals surface area contributed by atoms with Crippen LogP contribution in [0.4, 0.5) is 0 Å². The van der Waals surface area contributed by atoms with Crippen LogP contribution in [0.5, 0.6) is 0 Å². The average molecular weight is 340 g/mol. The first-order chi connectivity index (χ1) is 12.0. The first-order valence-corrected chi connectivity index (χ1v) is 9.05. The van der Waals surface area contributed by atoms with E-state index in [0.29, 0.717) is 5.57 Å². The summed E-state index contributed by atoms with van der Waals surface area (Å²) >= 11 is 0. The Kier molecular flexibility index (Phi) is 3.67. The molecule has 132 valence electrons. The fraction of sp³-hybridized carbons (Fsp3) is 0.476. The predicted octanol–water partition coefficient (Wildman–Crippen LogP) is 2.90. The van der Waals surface area contributed by atoms with Crippen molar-refractivity contribution in [2.24, 2.45) is 11.8 Å². The van der Waals surface area contributed by atoms with Crippen molar-refractivity contribution in [1.29, 1.82) is 0 Å². The van der Waals surface area contributed by atoms with E-state index in [2.05, 4.69) is 32.9 Å². The molecule has 1 aliphatic carbocycles. The van der Waals surface area contributed by atoms with Crippen LogP contribution in [0.2, 0.25) is 0 Å². The lowest BCUT2D eigenvalue weighted by molar-refractivity contribution is -0.122. The van der Waals surface area contributed by atoms with Crippen molar-refractivity contribution in [2.75, 3.05) is 6.61 Å². The molecule has 1 saturated heterocycles. The van der Waals surface area contributed by atoms with Gasteiger partial charge in [0, 0.05) is 0 Å². The van der Waals surface area contributed by atoms with Gasteiger partial charge in [0.05, 0.1) is 30.1 Å². The molecule has 1 fully saturated rings.